The van der Waals surface area contributed by atoms with Crippen LogP contribution in [0.2, 0.25) is 0 Å². The van der Waals surface area contributed by atoms with Crippen molar-refractivity contribution in [3.05, 3.63) is 53.0 Å². The minimum absolute atomic E-state index is 0.0552. The highest BCUT2D eigenvalue weighted by Crippen LogP contribution is 2.33. The van der Waals surface area contributed by atoms with Gasteiger partial charge < -0.3 is 14.4 Å². The molecule has 3 rings (SSSR count). The zero-order valence-electron chi connectivity index (χ0n) is 14.3. The monoisotopic (exact) mass is 405 g/mol. The molecule has 2 heterocycles. The molecular formula is C17H13F6N3O2. The molecule has 0 aliphatic rings. The molecule has 28 heavy (non-hydrogen) atoms. The fourth-order valence-corrected chi connectivity index (χ4v) is 2.76. The van der Waals surface area contributed by atoms with Crippen LogP contribution in [-0.2, 0) is 26.2 Å². The molecule has 1 aromatic carbocycles. The maximum atomic E-state index is 13.0. The van der Waals surface area contributed by atoms with Crippen LogP contribution >= 0.6 is 0 Å². The Balaban J connectivity index is 1.70. The maximum absolute atomic E-state index is 13.0. The van der Waals surface area contributed by atoms with E-state index >= 15 is 0 Å². The highest BCUT2D eigenvalue weighted by molar-refractivity contribution is 5.91. The highest BCUT2D eigenvalue weighted by atomic mass is 19.4. The Bertz CT molecular complexity index is 1020. The zero-order chi connectivity index (χ0) is 20.7. The minimum atomic E-state index is -4.50. The molecule has 0 saturated heterocycles. The Morgan fingerprint density at radius 2 is 1.86 bits per heavy atom. The Kier molecular flexibility index (Phi) is 4.86. The van der Waals surface area contributed by atoms with Gasteiger partial charge in [0.1, 0.15) is 5.69 Å². The van der Waals surface area contributed by atoms with E-state index < -0.39 is 36.1 Å². The van der Waals surface area contributed by atoms with Crippen LogP contribution in [0.4, 0.5) is 26.3 Å². The third-order valence-corrected chi connectivity index (χ3v) is 4.01. The summed E-state index contributed by atoms with van der Waals surface area (Å²) >= 11 is 0. The molecular weight excluding hydrogens is 392 g/mol. The molecule has 0 saturated carbocycles. The lowest BCUT2D eigenvalue weighted by molar-refractivity contribution is -0.142. The molecule has 0 bridgehead atoms. The Labute approximate surface area is 153 Å². The third-order valence-electron chi connectivity index (χ3n) is 4.01. The molecule has 3 aromatic rings. The molecule has 0 spiro atoms. The lowest BCUT2D eigenvalue weighted by atomic mass is 10.1. The van der Waals surface area contributed by atoms with Crippen LogP contribution in [0.15, 0.2) is 34.9 Å². The van der Waals surface area contributed by atoms with Crippen molar-refractivity contribution in [1.29, 1.82) is 0 Å². The van der Waals surface area contributed by atoms with Crippen molar-refractivity contribution in [2.75, 3.05) is 0 Å². The largest absolute Gasteiger partial charge is 0.431 e. The molecule has 2 aromatic heterocycles. The van der Waals surface area contributed by atoms with E-state index in [2.05, 4.69) is 15.0 Å². The number of amides is 1. The van der Waals surface area contributed by atoms with Crippen LogP contribution < -0.4 is 5.32 Å². The fraction of sp³-hybridized carbons (Fsp3) is 0.294. The average Bonchev–Trinajstić information content (AvgIpc) is 3.15. The Morgan fingerprint density at radius 1 is 1.14 bits per heavy atom. The summed E-state index contributed by atoms with van der Waals surface area (Å²) < 4.78 is 81.4. The van der Waals surface area contributed by atoms with Gasteiger partial charge in [0.2, 0.25) is 5.76 Å². The molecule has 0 radical (unpaired) electrons. The second-order valence-corrected chi connectivity index (χ2v) is 6.14. The van der Waals surface area contributed by atoms with Gasteiger partial charge in [-0.15, -0.1) is 0 Å². The number of nitrogens with zero attached hydrogens (tertiary/aromatic N) is 2. The number of halogens is 6. The number of aromatic nitrogens is 2. The van der Waals surface area contributed by atoms with Gasteiger partial charge in [0.15, 0.2) is 0 Å². The van der Waals surface area contributed by atoms with Crippen molar-refractivity contribution in [1.82, 2.24) is 15.0 Å². The molecule has 0 fully saturated rings. The zero-order valence-corrected chi connectivity index (χ0v) is 14.3. The van der Waals surface area contributed by atoms with Gasteiger partial charge in [-0.2, -0.15) is 26.3 Å². The van der Waals surface area contributed by atoms with Gasteiger partial charge in [-0.05, 0) is 23.8 Å². The predicted molar refractivity (Wildman–Crippen MR) is 85.4 cm³/mol. The molecule has 0 atom stereocenters. The van der Waals surface area contributed by atoms with Crippen LogP contribution in [0.1, 0.15) is 27.5 Å². The van der Waals surface area contributed by atoms with Crippen LogP contribution in [-0.4, -0.2) is 21.8 Å². The summed E-state index contributed by atoms with van der Waals surface area (Å²) in [6, 6.07) is 6.40. The number of aryl methyl sites for hydroxylation is 1. The minimum Gasteiger partial charge on any atom is -0.351 e. The molecule has 5 nitrogen and oxygen atoms in total. The van der Waals surface area contributed by atoms with Crippen molar-refractivity contribution in [2.24, 2.45) is 7.05 Å². The number of hydrogen-bond acceptors (Lipinski definition) is 3. The van der Waals surface area contributed by atoms with Gasteiger partial charge in [-0.1, -0.05) is 11.2 Å². The SMILES string of the molecule is Cn1c(C(F)(F)F)cc2cc(CNC(=O)c3cc(CC(F)(F)F)no3)ccc21. The van der Waals surface area contributed by atoms with E-state index in [1.165, 1.54) is 25.2 Å². The number of rotatable bonds is 4. The first-order valence-corrected chi connectivity index (χ1v) is 7.90. The molecule has 150 valence electrons. The van der Waals surface area contributed by atoms with Gasteiger partial charge in [-0.25, -0.2) is 0 Å². The van der Waals surface area contributed by atoms with Crippen molar-refractivity contribution in [2.45, 2.75) is 25.3 Å². The topological polar surface area (TPSA) is 60.1 Å². The summed E-state index contributed by atoms with van der Waals surface area (Å²) in [4.78, 5) is 12.0. The van der Waals surface area contributed by atoms with Crippen LogP contribution in [0.3, 0.4) is 0 Å². The number of nitrogens with one attached hydrogen (secondary N) is 1. The highest BCUT2D eigenvalue weighted by Gasteiger charge is 2.34. The average molecular weight is 405 g/mol. The Hall–Kier alpha value is -2.98. The van der Waals surface area contributed by atoms with Crippen LogP contribution in [0.5, 0.6) is 0 Å². The number of carbonyl (C=O) groups is 1. The van der Waals surface area contributed by atoms with Crippen LogP contribution in [0, 0.1) is 0 Å². The summed E-state index contributed by atoms with van der Waals surface area (Å²) in [7, 11) is 1.30. The normalized spacial score (nSPS) is 12.5. The second-order valence-electron chi connectivity index (χ2n) is 6.14. The first-order chi connectivity index (χ1) is 12.9. The van der Waals surface area contributed by atoms with E-state index in [0.29, 0.717) is 16.5 Å². The summed E-state index contributed by atoms with van der Waals surface area (Å²) in [5, 5.41) is 5.96. The number of carbonyl (C=O) groups excluding carboxylic acids is 1. The fourth-order valence-electron chi connectivity index (χ4n) is 2.76. The number of alkyl halides is 6. The molecule has 0 aliphatic heterocycles. The second kappa shape index (κ2) is 6.88. The van der Waals surface area contributed by atoms with Crippen molar-refractivity contribution in [3.8, 4) is 0 Å². The van der Waals surface area contributed by atoms with E-state index in [1.807, 2.05) is 0 Å². The van der Waals surface area contributed by atoms with Crippen molar-refractivity contribution < 1.29 is 35.7 Å². The van der Waals surface area contributed by atoms with Gasteiger partial charge in [0.05, 0.1) is 12.1 Å². The summed E-state index contributed by atoms with van der Waals surface area (Å²) in [6.07, 6.45) is -10.3. The third kappa shape index (κ3) is 4.29. The number of fused-ring (bicyclic) bond motifs is 1. The quantitative estimate of drug-likeness (QED) is 0.662. The standard InChI is InChI=1S/C17H13F6N3O2/c1-26-12-3-2-9(4-10(12)5-14(26)17(21,22)23)8-24-15(27)13-6-11(25-28-13)7-16(18,19)20/h2-6H,7-8H2,1H3,(H,24,27). The van der Waals surface area contributed by atoms with Gasteiger partial charge >= 0.3 is 12.4 Å². The number of hydrogen-bond donors (Lipinski definition) is 1. The van der Waals surface area contributed by atoms with E-state index in [4.69, 9.17) is 0 Å². The van der Waals surface area contributed by atoms with E-state index in [9.17, 15) is 31.1 Å². The molecule has 1 N–H and O–H groups in total. The smallest absolute Gasteiger partial charge is 0.351 e. The van der Waals surface area contributed by atoms with Gasteiger partial charge in [-0.3, -0.25) is 4.79 Å². The van der Waals surface area contributed by atoms with Crippen molar-refractivity contribution in [3.63, 3.8) is 0 Å². The molecule has 1 amide bonds. The lowest BCUT2D eigenvalue weighted by Crippen LogP contribution is -2.22. The van der Waals surface area contributed by atoms with Crippen LogP contribution in [0.25, 0.3) is 10.9 Å². The maximum Gasteiger partial charge on any atom is 0.431 e. The molecule has 0 aliphatic carbocycles. The lowest BCUT2D eigenvalue weighted by Gasteiger charge is -2.07. The number of benzene rings is 1. The summed E-state index contributed by atoms with van der Waals surface area (Å²) in [5.41, 5.74) is -0.352. The summed E-state index contributed by atoms with van der Waals surface area (Å²) in [5.74, 6) is -1.18. The van der Waals surface area contributed by atoms with E-state index in [-0.39, 0.29) is 12.3 Å². The molecule has 11 heteroatoms. The first-order valence-electron chi connectivity index (χ1n) is 7.90. The van der Waals surface area contributed by atoms with E-state index in [0.717, 1.165) is 16.7 Å². The Morgan fingerprint density at radius 3 is 2.50 bits per heavy atom. The summed E-state index contributed by atoms with van der Waals surface area (Å²) in [6.45, 7) is -0.0552. The first kappa shape index (κ1) is 19.8. The predicted octanol–water partition coefficient (Wildman–Crippen LogP) is 4.22. The van der Waals surface area contributed by atoms with E-state index in [1.54, 1.807) is 0 Å². The van der Waals surface area contributed by atoms with Gasteiger partial charge in [0, 0.05) is 30.6 Å². The molecule has 0 unspecified atom stereocenters. The van der Waals surface area contributed by atoms with Crippen molar-refractivity contribution >= 4 is 16.8 Å². The van der Waals surface area contributed by atoms with Gasteiger partial charge in [0.25, 0.3) is 5.91 Å².